The molecule has 0 radical (unpaired) electrons. The van der Waals surface area contributed by atoms with Crippen molar-refractivity contribution in [3.8, 4) is 0 Å². The molecule has 0 spiro atoms. The van der Waals surface area contributed by atoms with Gasteiger partial charge in [0.2, 0.25) is 0 Å². The zero-order valence-corrected chi connectivity index (χ0v) is 6.45. The van der Waals surface area contributed by atoms with Crippen molar-refractivity contribution < 1.29 is 0 Å². The van der Waals surface area contributed by atoms with E-state index in [1.54, 1.807) is 5.01 Å². The van der Waals surface area contributed by atoms with Gasteiger partial charge in [-0.2, -0.15) is 0 Å². The van der Waals surface area contributed by atoms with Crippen LogP contribution in [0.15, 0.2) is 12.4 Å². The Labute approximate surface area is 59.5 Å². The molecule has 1 rings (SSSR count). The molecule has 0 atom stereocenters. The van der Waals surface area contributed by atoms with Crippen LogP contribution < -0.4 is 5.84 Å². The Balaban J connectivity index is 0.000000490. The second-order valence-electron chi connectivity index (χ2n) is 1.71. The lowest BCUT2D eigenvalue weighted by Gasteiger charge is -2.10. The molecule has 1 heterocycles. The monoisotopic (exact) mass is 179 g/mol. The Morgan fingerprint density at radius 2 is 2.12 bits per heavy atom. The molecule has 2 N–H and O–H groups in total. The summed E-state index contributed by atoms with van der Waals surface area (Å²) in [5.41, 5.74) is 0. The third kappa shape index (κ3) is 1.71. The minimum atomic E-state index is 0. The van der Waals surface area contributed by atoms with Crippen molar-refractivity contribution in [2.75, 3.05) is 13.7 Å². The molecule has 0 saturated carbocycles. The highest BCUT2D eigenvalue weighted by molar-refractivity contribution is 8.93. The van der Waals surface area contributed by atoms with Gasteiger partial charge in [-0.15, -0.1) is 17.0 Å². The summed E-state index contributed by atoms with van der Waals surface area (Å²) in [6.45, 7) is 0.806. The van der Waals surface area contributed by atoms with E-state index < -0.39 is 0 Å². The Morgan fingerprint density at radius 3 is 2.25 bits per heavy atom. The number of hydrogen-bond donors (Lipinski definition) is 1. The van der Waals surface area contributed by atoms with Gasteiger partial charge in [-0.25, -0.2) is 5.84 Å². The maximum absolute atomic E-state index is 5.33. The van der Waals surface area contributed by atoms with Crippen molar-refractivity contribution in [1.29, 1.82) is 0 Å². The summed E-state index contributed by atoms with van der Waals surface area (Å²) in [5.74, 6) is 5.33. The largest absolute Gasteiger partial charge is 0.360 e. The standard InChI is InChI=1S/C4H9N3.BrH/c1-6-2-3-7(5)4-6;/h2-3H,4-5H2,1H3;1H. The van der Waals surface area contributed by atoms with E-state index in [4.69, 9.17) is 5.84 Å². The van der Waals surface area contributed by atoms with Crippen LogP contribution in [0.1, 0.15) is 0 Å². The first kappa shape index (κ1) is 7.78. The summed E-state index contributed by atoms with van der Waals surface area (Å²) in [6, 6.07) is 0. The van der Waals surface area contributed by atoms with Gasteiger partial charge in [0.1, 0.15) is 6.67 Å². The van der Waals surface area contributed by atoms with E-state index in [9.17, 15) is 0 Å². The highest BCUT2D eigenvalue weighted by Crippen LogP contribution is 1.95. The summed E-state index contributed by atoms with van der Waals surface area (Å²) in [7, 11) is 1.98. The third-order valence-electron chi connectivity index (χ3n) is 0.899. The maximum atomic E-state index is 5.33. The quantitative estimate of drug-likeness (QED) is 0.537. The van der Waals surface area contributed by atoms with Crippen LogP contribution >= 0.6 is 17.0 Å². The number of nitrogens with two attached hydrogens (primary N) is 1. The average Bonchev–Trinajstić information content (AvgIpc) is 1.87. The van der Waals surface area contributed by atoms with E-state index in [-0.39, 0.29) is 17.0 Å². The SMILES string of the molecule is Br.CN1C=CN(N)C1. The third-order valence-corrected chi connectivity index (χ3v) is 0.899. The molecule has 0 aromatic rings. The van der Waals surface area contributed by atoms with Crippen LogP contribution in [0.4, 0.5) is 0 Å². The molecule has 8 heavy (non-hydrogen) atoms. The van der Waals surface area contributed by atoms with E-state index in [2.05, 4.69) is 0 Å². The predicted octanol–water partition coefficient (Wildman–Crippen LogP) is 0.114. The van der Waals surface area contributed by atoms with Gasteiger partial charge in [-0.1, -0.05) is 0 Å². The molecular formula is C4H10BrN3. The van der Waals surface area contributed by atoms with Crippen LogP contribution in [0.2, 0.25) is 0 Å². The Hall–Kier alpha value is -0.220. The number of rotatable bonds is 0. The van der Waals surface area contributed by atoms with Crippen LogP contribution in [-0.2, 0) is 0 Å². The smallest absolute Gasteiger partial charge is 0.104 e. The molecule has 1 aliphatic rings. The summed E-state index contributed by atoms with van der Waals surface area (Å²) in [4.78, 5) is 2.00. The van der Waals surface area contributed by atoms with Crippen molar-refractivity contribution in [2.45, 2.75) is 0 Å². The molecule has 0 aromatic carbocycles. The molecule has 3 nitrogen and oxygen atoms in total. The van der Waals surface area contributed by atoms with Crippen LogP contribution in [0.5, 0.6) is 0 Å². The first-order chi connectivity index (χ1) is 3.29. The second kappa shape index (κ2) is 2.94. The average molecular weight is 180 g/mol. The fourth-order valence-corrected chi connectivity index (χ4v) is 0.551. The lowest BCUT2D eigenvalue weighted by atomic mass is 10.9. The minimum absolute atomic E-state index is 0. The number of halogens is 1. The van der Waals surface area contributed by atoms with Crippen molar-refractivity contribution in [1.82, 2.24) is 9.91 Å². The number of hydrazine groups is 1. The number of hydrogen-bond acceptors (Lipinski definition) is 3. The first-order valence-corrected chi connectivity index (χ1v) is 2.19. The van der Waals surface area contributed by atoms with Crippen LogP contribution in [-0.4, -0.2) is 23.6 Å². The molecule has 0 bridgehead atoms. The molecule has 1 aliphatic heterocycles. The van der Waals surface area contributed by atoms with E-state index >= 15 is 0 Å². The zero-order valence-electron chi connectivity index (χ0n) is 4.74. The molecule has 0 amide bonds. The molecule has 48 valence electrons. The summed E-state index contributed by atoms with van der Waals surface area (Å²) >= 11 is 0. The van der Waals surface area contributed by atoms with Gasteiger partial charge in [-0.3, -0.25) is 5.01 Å². The fourth-order valence-electron chi connectivity index (χ4n) is 0.551. The second-order valence-corrected chi connectivity index (χ2v) is 1.71. The van der Waals surface area contributed by atoms with Crippen LogP contribution in [0.3, 0.4) is 0 Å². The fraction of sp³-hybridized carbons (Fsp3) is 0.500. The Morgan fingerprint density at radius 1 is 1.50 bits per heavy atom. The highest BCUT2D eigenvalue weighted by atomic mass is 79.9. The molecule has 0 fully saturated rings. The van der Waals surface area contributed by atoms with Crippen molar-refractivity contribution in [3.05, 3.63) is 12.4 Å². The van der Waals surface area contributed by atoms with Crippen molar-refractivity contribution >= 4 is 17.0 Å². The van der Waals surface area contributed by atoms with Crippen LogP contribution in [0.25, 0.3) is 0 Å². The zero-order chi connectivity index (χ0) is 5.28. The van der Waals surface area contributed by atoms with E-state index in [0.29, 0.717) is 0 Å². The van der Waals surface area contributed by atoms with E-state index in [1.165, 1.54) is 0 Å². The van der Waals surface area contributed by atoms with Crippen molar-refractivity contribution in [2.24, 2.45) is 5.84 Å². The topological polar surface area (TPSA) is 32.5 Å². The first-order valence-electron chi connectivity index (χ1n) is 2.19. The van der Waals surface area contributed by atoms with Gasteiger partial charge in [-0.05, 0) is 0 Å². The molecule has 0 aromatic heterocycles. The van der Waals surface area contributed by atoms with E-state index in [0.717, 1.165) is 6.67 Å². The molecule has 0 aliphatic carbocycles. The molecular weight excluding hydrogens is 170 g/mol. The van der Waals surface area contributed by atoms with Gasteiger partial charge in [0.25, 0.3) is 0 Å². The summed E-state index contributed by atoms with van der Waals surface area (Å²) in [6.07, 6.45) is 3.76. The lowest BCUT2D eigenvalue weighted by molar-refractivity contribution is 0.305. The highest BCUT2D eigenvalue weighted by Gasteiger charge is 2.00. The van der Waals surface area contributed by atoms with Gasteiger partial charge in [0.05, 0.1) is 0 Å². The van der Waals surface area contributed by atoms with Gasteiger partial charge in [0, 0.05) is 19.4 Å². The minimum Gasteiger partial charge on any atom is -0.360 e. The maximum Gasteiger partial charge on any atom is 0.104 e. The lowest BCUT2D eigenvalue weighted by Crippen LogP contribution is -2.27. The van der Waals surface area contributed by atoms with Crippen molar-refractivity contribution in [3.63, 3.8) is 0 Å². The summed E-state index contributed by atoms with van der Waals surface area (Å²) in [5, 5.41) is 1.62. The molecule has 0 saturated heterocycles. The van der Waals surface area contributed by atoms with E-state index in [1.807, 2.05) is 24.3 Å². The van der Waals surface area contributed by atoms with Gasteiger partial charge in [0.15, 0.2) is 0 Å². The number of nitrogens with zero attached hydrogens (tertiary/aromatic N) is 2. The Bertz CT molecular complexity index is 83.3. The molecule has 4 heteroatoms. The Kier molecular flexibility index (Phi) is 2.86. The van der Waals surface area contributed by atoms with Gasteiger partial charge < -0.3 is 4.90 Å². The normalized spacial score (nSPS) is 16.8. The molecule has 0 unspecified atom stereocenters. The van der Waals surface area contributed by atoms with Crippen LogP contribution in [0, 0.1) is 0 Å². The summed E-state index contributed by atoms with van der Waals surface area (Å²) < 4.78 is 0. The van der Waals surface area contributed by atoms with Gasteiger partial charge >= 0.3 is 0 Å². The predicted molar refractivity (Wildman–Crippen MR) is 38.1 cm³/mol.